The van der Waals surface area contributed by atoms with Crippen LogP contribution in [0.25, 0.3) is 0 Å². The van der Waals surface area contributed by atoms with E-state index in [1.54, 1.807) is 54.9 Å². The molecule has 3 aromatic rings. The second-order valence-corrected chi connectivity index (χ2v) is 4.81. The third-order valence-electron chi connectivity index (χ3n) is 3.20. The van der Waals surface area contributed by atoms with Gasteiger partial charge in [-0.2, -0.15) is 5.10 Å². The molecule has 118 valence electrons. The molecule has 0 aliphatic rings. The van der Waals surface area contributed by atoms with Crippen molar-refractivity contribution in [3.05, 3.63) is 95.8 Å². The number of hydrazone groups is 1. The average molecular weight is 320 g/mol. The Morgan fingerprint density at radius 2 is 1.46 bits per heavy atom. The van der Waals surface area contributed by atoms with Gasteiger partial charge in [-0.25, -0.2) is 9.82 Å². The van der Waals surface area contributed by atoms with Gasteiger partial charge in [-0.05, 0) is 36.4 Å². The first-order valence-electron chi connectivity index (χ1n) is 7.21. The van der Waals surface area contributed by atoms with E-state index in [9.17, 15) is 9.18 Å². The van der Waals surface area contributed by atoms with E-state index in [4.69, 9.17) is 0 Å². The van der Waals surface area contributed by atoms with E-state index in [1.165, 1.54) is 18.2 Å². The maximum absolute atomic E-state index is 13.7. The van der Waals surface area contributed by atoms with Crippen LogP contribution >= 0.6 is 0 Å². The molecule has 0 fully saturated rings. The van der Waals surface area contributed by atoms with Crippen LogP contribution in [0.5, 0.6) is 0 Å². The first kappa shape index (κ1) is 15.5. The van der Waals surface area contributed by atoms with Crippen LogP contribution in [0, 0.1) is 5.82 Å². The quantitative estimate of drug-likeness (QED) is 0.594. The molecule has 3 rings (SSSR count). The summed E-state index contributed by atoms with van der Waals surface area (Å²) < 4.78 is 13.7. The summed E-state index contributed by atoms with van der Waals surface area (Å²) in [7, 11) is 0. The van der Waals surface area contributed by atoms with Gasteiger partial charge in [-0.3, -0.25) is 14.8 Å². The van der Waals surface area contributed by atoms with Gasteiger partial charge in [0, 0.05) is 12.4 Å². The summed E-state index contributed by atoms with van der Waals surface area (Å²) in [6, 6.07) is 16.4. The number of carbonyl (C=O) groups is 1. The average Bonchev–Trinajstić information content (AvgIpc) is 2.64. The van der Waals surface area contributed by atoms with Gasteiger partial charge in [0.2, 0.25) is 0 Å². The number of amides is 1. The van der Waals surface area contributed by atoms with E-state index in [0.29, 0.717) is 17.1 Å². The lowest BCUT2D eigenvalue weighted by Crippen LogP contribution is -2.22. The number of nitrogens with zero attached hydrogens (tertiary/aromatic N) is 3. The molecule has 1 aromatic carbocycles. The number of pyridine rings is 2. The van der Waals surface area contributed by atoms with Gasteiger partial charge < -0.3 is 0 Å². The Hall–Kier alpha value is -3.41. The van der Waals surface area contributed by atoms with E-state index < -0.39 is 11.7 Å². The molecular weight excluding hydrogens is 307 g/mol. The molecule has 24 heavy (non-hydrogen) atoms. The lowest BCUT2D eigenvalue weighted by atomic mass is 10.1. The highest BCUT2D eigenvalue weighted by Crippen LogP contribution is 2.08. The van der Waals surface area contributed by atoms with E-state index in [0.717, 1.165) is 0 Å². The molecule has 0 aliphatic heterocycles. The highest BCUT2D eigenvalue weighted by molar-refractivity contribution is 6.11. The summed E-state index contributed by atoms with van der Waals surface area (Å²) >= 11 is 0. The molecule has 1 N–H and O–H groups in total. The number of hydrogen-bond donors (Lipinski definition) is 1. The Labute approximate surface area is 137 Å². The monoisotopic (exact) mass is 320 g/mol. The van der Waals surface area contributed by atoms with E-state index in [-0.39, 0.29) is 5.56 Å². The topological polar surface area (TPSA) is 67.2 Å². The largest absolute Gasteiger partial charge is 0.274 e. The van der Waals surface area contributed by atoms with Crippen molar-refractivity contribution >= 4 is 11.6 Å². The second kappa shape index (κ2) is 7.23. The molecule has 5 nitrogen and oxygen atoms in total. The number of hydrogen-bond acceptors (Lipinski definition) is 4. The van der Waals surface area contributed by atoms with Crippen molar-refractivity contribution in [1.82, 2.24) is 15.4 Å². The summed E-state index contributed by atoms with van der Waals surface area (Å²) in [5, 5.41) is 4.11. The SMILES string of the molecule is O=C(NN=C(c1ccccn1)c1ccccn1)c1ccccc1F. The molecule has 0 unspecified atom stereocenters. The molecule has 0 saturated heterocycles. The summed E-state index contributed by atoms with van der Waals surface area (Å²) in [5.41, 5.74) is 3.77. The zero-order valence-electron chi connectivity index (χ0n) is 12.6. The van der Waals surface area contributed by atoms with E-state index in [1.807, 2.05) is 0 Å². The van der Waals surface area contributed by atoms with Crippen LogP contribution < -0.4 is 5.43 Å². The van der Waals surface area contributed by atoms with Gasteiger partial charge in [0.1, 0.15) is 11.5 Å². The summed E-state index contributed by atoms with van der Waals surface area (Å²) in [4.78, 5) is 20.6. The number of aromatic nitrogens is 2. The van der Waals surface area contributed by atoms with Gasteiger partial charge in [0.05, 0.1) is 17.0 Å². The normalized spacial score (nSPS) is 10.0. The highest BCUT2D eigenvalue weighted by atomic mass is 19.1. The van der Waals surface area contributed by atoms with Crippen molar-refractivity contribution < 1.29 is 9.18 Å². The van der Waals surface area contributed by atoms with Crippen molar-refractivity contribution in [2.24, 2.45) is 5.10 Å². The first-order valence-corrected chi connectivity index (χ1v) is 7.21. The fourth-order valence-electron chi connectivity index (χ4n) is 2.06. The Kier molecular flexibility index (Phi) is 4.67. The van der Waals surface area contributed by atoms with Crippen LogP contribution in [-0.4, -0.2) is 21.6 Å². The van der Waals surface area contributed by atoms with Crippen LogP contribution in [0.15, 0.2) is 78.2 Å². The predicted molar refractivity (Wildman–Crippen MR) is 88.0 cm³/mol. The Morgan fingerprint density at radius 1 is 0.875 bits per heavy atom. The maximum atomic E-state index is 13.7. The van der Waals surface area contributed by atoms with Gasteiger partial charge in [0.25, 0.3) is 5.91 Å². The van der Waals surface area contributed by atoms with Crippen LogP contribution in [0.1, 0.15) is 21.7 Å². The third-order valence-corrected chi connectivity index (χ3v) is 3.20. The first-order chi connectivity index (χ1) is 11.8. The van der Waals surface area contributed by atoms with Gasteiger partial charge in [-0.15, -0.1) is 0 Å². The van der Waals surface area contributed by atoms with Crippen LogP contribution in [-0.2, 0) is 0 Å². The smallest absolute Gasteiger partial charge is 0.267 e. The molecule has 2 aromatic heterocycles. The minimum atomic E-state index is -0.641. The van der Waals surface area contributed by atoms with Crippen LogP contribution in [0.3, 0.4) is 0 Å². The lowest BCUT2D eigenvalue weighted by Gasteiger charge is -2.06. The van der Waals surface area contributed by atoms with Crippen LogP contribution in [0.4, 0.5) is 4.39 Å². The van der Waals surface area contributed by atoms with Crippen molar-refractivity contribution in [3.8, 4) is 0 Å². The minimum absolute atomic E-state index is 0.0809. The molecule has 0 bridgehead atoms. The molecule has 0 saturated carbocycles. The maximum Gasteiger partial charge on any atom is 0.274 e. The third kappa shape index (κ3) is 3.49. The molecular formula is C18H13FN4O. The molecule has 2 heterocycles. The van der Waals surface area contributed by atoms with Gasteiger partial charge in [0.15, 0.2) is 0 Å². The minimum Gasteiger partial charge on any atom is -0.267 e. The van der Waals surface area contributed by atoms with E-state index >= 15 is 0 Å². The van der Waals surface area contributed by atoms with Crippen LogP contribution in [0.2, 0.25) is 0 Å². The number of nitrogens with one attached hydrogen (secondary N) is 1. The number of halogens is 1. The fraction of sp³-hybridized carbons (Fsp3) is 0. The van der Waals surface area contributed by atoms with Crippen molar-refractivity contribution in [2.45, 2.75) is 0 Å². The molecule has 0 radical (unpaired) electrons. The number of carbonyl (C=O) groups excluding carboxylic acids is 1. The van der Waals surface area contributed by atoms with Gasteiger partial charge >= 0.3 is 0 Å². The zero-order chi connectivity index (χ0) is 16.8. The van der Waals surface area contributed by atoms with Crippen molar-refractivity contribution in [1.29, 1.82) is 0 Å². The Morgan fingerprint density at radius 3 is 2.00 bits per heavy atom. The zero-order valence-corrected chi connectivity index (χ0v) is 12.6. The van der Waals surface area contributed by atoms with E-state index in [2.05, 4.69) is 20.5 Å². The number of rotatable bonds is 4. The number of benzene rings is 1. The predicted octanol–water partition coefficient (Wildman–Crippen LogP) is 2.80. The molecule has 0 atom stereocenters. The molecule has 0 aliphatic carbocycles. The highest BCUT2D eigenvalue weighted by Gasteiger charge is 2.13. The Bertz CT molecular complexity index is 825. The van der Waals surface area contributed by atoms with Crippen molar-refractivity contribution in [3.63, 3.8) is 0 Å². The van der Waals surface area contributed by atoms with Crippen molar-refractivity contribution in [2.75, 3.05) is 0 Å². The lowest BCUT2D eigenvalue weighted by molar-refractivity contribution is 0.0951. The molecule has 6 heteroatoms. The fourth-order valence-corrected chi connectivity index (χ4v) is 2.06. The van der Waals surface area contributed by atoms with Gasteiger partial charge in [-0.1, -0.05) is 24.3 Å². The standard InChI is InChI=1S/C18H13FN4O/c19-14-8-2-1-7-13(14)18(24)23-22-17(15-9-3-5-11-20-15)16-10-4-6-12-21-16/h1-12H,(H,23,24). The molecule has 0 spiro atoms. The summed E-state index contributed by atoms with van der Waals surface area (Å²) in [6.07, 6.45) is 3.24. The second-order valence-electron chi connectivity index (χ2n) is 4.81. The summed E-state index contributed by atoms with van der Waals surface area (Å²) in [5.74, 6) is -1.25. The molecule has 1 amide bonds. The Balaban J connectivity index is 1.93. The summed E-state index contributed by atoms with van der Waals surface area (Å²) in [6.45, 7) is 0.